The molecule has 0 unspecified atom stereocenters. The summed E-state index contributed by atoms with van der Waals surface area (Å²) in [5, 5.41) is 3.42. The Morgan fingerprint density at radius 3 is 2.81 bits per heavy atom. The molecule has 1 aliphatic heterocycles. The van der Waals surface area contributed by atoms with E-state index in [1.165, 1.54) is 6.07 Å². The van der Waals surface area contributed by atoms with Crippen molar-refractivity contribution in [2.24, 2.45) is 0 Å². The van der Waals surface area contributed by atoms with Crippen molar-refractivity contribution in [1.82, 2.24) is 5.32 Å². The number of nitrogens with one attached hydrogen (secondary N) is 1. The second-order valence-electron chi connectivity index (χ2n) is 4.80. The highest BCUT2D eigenvalue weighted by Gasteiger charge is 2.28. The van der Waals surface area contributed by atoms with Crippen LogP contribution in [0.5, 0.6) is 0 Å². The molecule has 16 heavy (non-hydrogen) atoms. The molecule has 1 saturated heterocycles. The van der Waals surface area contributed by atoms with E-state index >= 15 is 0 Å². The summed E-state index contributed by atoms with van der Waals surface area (Å²) in [5.41, 5.74) is 0.706. The van der Waals surface area contributed by atoms with E-state index in [0.29, 0.717) is 5.69 Å². The lowest BCUT2D eigenvalue weighted by molar-refractivity contribution is 0.351. The average molecular weight is 287 g/mol. The zero-order valence-electron chi connectivity index (χ0n) is 9.56. The Balaban J connectivity index is 2.30. The zero-order chi connectivity index (χ0) is 11.8. The second-order valence-corrected chi connectivity index (χ2v) is 5.66. The fraction of sp³-hybridized carbons (Fsp3) is 0.500. The van der Waals surface area contributed by atoms with Crippen LogP contribution in [0.2, 0.25) is 0 Å². The predicted octanol–water partition coefficient (Wildman–Crippen LogP) is 2.78. The minimum Gasteiger partial charge on any atom is -0.365 e. The van der Waals surface area contributed by atoms with Gasteiger partial charge in [-0.25, -0.2) is 4.39 Å². The van der Waals surface area contributed by atoms with Gasteiger partial charge in [-0.2, -0.15) is 0 Å². The summed E-state index contributed by atoms with van der Waals surface area (Å²) in [6.45, 7) is 6.80. The van der Waals surface area contributed by atoms with E-state index in [4.69, 9.17) is 0 Å². The highest BCUT2D eigenvalue weighted by molar-refractivity contribution is 9.10. The Kier molecular flexibility index (Phi) is 3.22. The van der Waals surface area contributed by atoms with Crippen molar-refractivity contribution in [3.63, 3.8) is 0 Å². The van der Waals surface area contributed by atoms with Crippen LogP contribution in [0, 0.1) is 5.82 Å². The van der Waals surface area contributed by atoms with Crippen molar-refractivity contribution in [2.45, 2.75) is 19.4 Å². The van der Waals surface area contributed by atoms with Crippen LogP contribution >= 0.6 is 15.9 Å². The van der Waals surface area contributed by atoms with Crippen LogP contribution in [0.3, 0.4) is 0 Å². The Morgan fingerprint density at radius 1 is 1.44 bits per heavy atom. The molecular weight excluding hydrogens is 271 g/mol. The molecule has 88 valence electrons. The third-order valence-corrected chi connectivity index (χ3v) is 3.47. The van der Waals surface area contributed by atoms with Gasteiger partial charge in [0.2, 0.25) is 0 Å². The molecule has 1 fully saturated rings. The van der Waals surface area contributed by atoms with E-state index < -0.39 is 0 Å². The average Bonchev–Trinajstić information content (AvgIpc) is 2.15. The molecule has 2 rings (SSSR count). The fourth-order valence-corrected chi connectivity index (χ4v) is 2.72. The molecule has 0 bridgehead atoms. The van der Waals surface area contributed by atoms with Crippen molar-refractivity contribution in [1.29, 1.82) is 0 Å². The van der Waals surface area contributed by atoms with E-state index in [0.717, 1.165) is 24.1 Å². The standard InChI is InChI=1S/C12H16BrFN2/c1-12(2)8-16(7-6-15-12)11-9(13)4-3-5-10(11)14/h3-5,15H,6-8H2,1-2H3. The first-order valence-electron chi connectivity index (χ1n) is 5.44. The van der Waals surface area contributed by atoms with Crippen LogP contribution in [0.25, 0.3) is 0 Å². The van der Waals surface area contributed by atoms with Crippen LogP contribution in [-0.2, 0) is 0 Å². The molecule has 0 aromatic heterocycles. The van der Waals surface area contributed by atoms with Gasteiger partial charge in [-0.05, 0) is 41.9 Å². The summed E-state index contributed by atoms with van der Waals surface area (Å²) in [6.07, 6.45) is 0. The van der Waals surface area contributed by atoms with Gasteiger partial charge < -0.3 is 10.2 Å². The maximum absolute atomic E-state index is 13.8. The number of anilines is 1. The van der Waals surface area contributed by atoms with Crippen LogP contribution < -0.4 is 10.2 Å². The SMILES string of the molecule is CC1(C)CN(c2c(F)cccc2Br)CCN1. The highest BCUT2D eigenvalue weighted by atomic mass is 79.9. The lowest BCUT2D eigenvalue weighted by atomic mass is 10.0. The minimum absolute atomic E-state index is 0.0277. The first kappa shape index (κ1) is 11.9. The van der Waals surface area contributed by atoms with E-state index in [1.54, 1.807) is 6.07 Å². The summed E-state index contributed by atoms with van der Waals surface area (Å²) >= 11 is 3.42. The fourth-order valence-electron chi connectivity index (χ4n) is 2.12. The Labute approximate surface area is 104 Å². The molecule has 2 nitrogen and oxygen atoms in total. The molecule has 1 aliphatic rings. The van der Waals surface area contributed by atoms with Gasteiger partial charge in [-0.15, -0.1) is 0 Å². The molecule has 1 aromatic carbocycles. The molecule has 4 heteroatoms. The molecule has 0 saturated carbocycles. The van der Waals surface area contributed by atoms with Crippen molar-refractivity contribution in [3.05, 3.63) is 28.5 Å². The third kappa shape index (κ3) is 2.38. The summed E-state index contributed by atoms with van der Waals surface area (Å²) in [7, 11) is 0. The van der Waals surface area contributed by atoms with Gasteiger partial charge in [0, 0.05) is 29.6 Å². The smallest absolute Gasteiger partial charge is 0.147 e. The van der Waals surface area contributed by atoms with E-state index in [1.807, 2.05) is 6.07 Å². The summed E-state index contributed by atoms with van der Waals surface area (Å²) in [5.74, 6) is -0.160. The molecule has 1 N–H and O–H groups in total. The van der Waals surface area contributed by atoms with E-state index in [2.05, 4.69) is 40.0 Å². The Hall–Kier alpha value is -0.610. The van der Waals surface area contributed by atoms with Crippen molar-refractivity contribution >= 4 is 21.6 Å². The number of benzene rings is 1. The van der Waals surface area contributed by atoms with Crippen LogP contribution in [-0.4, -0.2) is 25.2 Å². The number of piperazine rings is 1. The molecule has 0 amide bonds. The summed E-state index contributed by atoms with van der Waals surface area (Å²) in [4.78, 5) is 2.09. The lowest BCUT2D eigenvalue weighted by Gasteiger charge is -2.40. The molecule has 1 heterocycles. The maximum Gasteiger partial charge on any atom is 0.147 e. The molecule has 0 spiro atoms. The molecule has 0 atom stereocenters. The van der Waals surface area contributed by atoms with Crippen LogP contribution in [0.15, 0.2) is 22.7 Å². The lowest BCUT2D eigenvalue weighted by Crippen LogP contribution is -2.57. The minimum atomic E-state index is -0.160. The van der Waals surface area contributed by atoms with Gasteiger partial charge in [-0.1, -0.05) is 6.07 Å². The Morgan fingerprint density at radius 2 is 2.19 bits per heavy atom. The van der Waals surface area contributed by atoms with Gasteiger partial charge in [0.15, 0.2) is 0 Å². The number of halogens is 2. The molecule has 0 radical (unpaired) electrons. The van der Waals surface area contributed by atoms with E-state index in [9.17, 15) is 4.39 Å². The third-order valence-electron chi connectivity index (χ3n) is 2.83. The van der Waals surface area contributed by atoms with E-state index in [-0.39, 0.29) is 11.4 Å². The van der Waals surface area contributed by atoms with Crippen molar-refractivity contribution < 1.29 is 4.39 Å². The van der Waals surface area contributed by atoms with Gasteiger partial charge in [0.1, 0.15) is 5.82 Å². The van der Waals surface area contributed by atoms with Gasteiger partial charge in [0.25, 0.3) is 0 Å². The largest absolute Gasteiger partial charge is 0.365 e. The molecular formula is C12H16BrFN2. The first-order valence-corrected chi connectivity index (χ1v) is 6.23. The topological polar surface area (TPSA) is 15.3 Å². The maximum atomic E-state index is 13.8. The number of rotatable bonds is 1. The van der Waals surface area contributed by atoms with Gasteiger partial charge in [-0.3, -0.25) is 0 Å². The highest BCUT2D eigenvalue weighted by Crippen LogP contribution is 2.30. The number of hydrogen-bond donors (Lipinski definition) is 1. The second kappa shape index (κ2) is 4.34. The molecule has 0 aliphatic carbocycles. The normalized spacial score (nSPS) is 19.9. The van der Waals surface area contributed by atoms with Crippen LogP contribution in [0.4, 0.5) is 10.1 Å². The van der Waals surface area contributed by atoms with Crippen molar-refractivity contribution in [3.8, 4) is 0 Å². The van der Waals surface area contributed by atoms with Gasteiger partial charge >= 0.3 is 0 Å². The number of para-hydroxylation sites is 1. The monoisotopic (exact) mass is 286 g/mol. The Bertz CT molecular complexity index is 372. The number of nitrogens with zero attached hydrogens (tertiary/aromatic N) is 1. The quantitative estimate of drug-likeness (QED) is 0.854. The summed E-state index contributed by atoms with van der Waals surface area (Å²) < 4.78 is 14.6. The zero-order valence-corrected chi connectivity index (χ0v) is 11.1. The van der Waals surface area contributed by atoms with Crippen molar-refractivity contribution in [2.75, 3.05) is 24.5 Å². The summed E-state index contributed by atoms with van der Waals surface area (Å²) in [6, 6.07) is 5.11. The first-order chi connectivity index (χ1) is 7.49. The van der Waals surface area contributed by atoms with Crippen LogP contribution in [0.1, 0.15) is 13.8 Å². The number of hydrogen-bond acceptors (Lipinski definition) is 2. The van der Waals surface area contributed by atoms with Gasteiger partial charge in [0.05, 0.1) is 5.69 Å². The predicted molar refractivity (Wildman–Crippen MR) is 68.4 cm³/mol. The molecule has 1 aromatic rings.